The number of benzene rings is 2. The van der Waals surface area contributed by atoms with Crippen LogP contribution in [-0.2, 0) is 11.8 Å². The summed E-state index contributed by atoms with van der Waals surface area (Å²) >= 11 is 6.24. The van der Waals surface area contributed by atoms with Crippen LogP contribution in [0.15, 0.2) is 18.3 Å². The predicted octanol–water partition coefficient (Wildman–Crippen LogP) is 5.07. The van der Waals surface area contributed by atoms with Gasteiger partial charge in [-0.3, -0.25) is 4.68 Å². The summed E-state index contributed by atoms with van der Waals surface area (Å²) in [5, 5.41) is 4.33. The van der Waals surface area contributed by atoms with E-state index in [9.17, 15) is 4.79 Å². The summed E-state index contributed by atoms with van der Waals surface area (Å²) in [5.74, 6) is -3.17. The standard InChI is InChI=1S/C26H24ClF3N6O3/c1-26(2,3)39-25(37)35-7-8-36-13(10-35)11-38-22-17-20(32-24(27)33-23(17)36)18(29)16(19(22)30)15-14(28)6-5-12-9-31-34(4)21(12)15/h5-6,9,13H,7-8,10-11H2,1-4H3/t13-/m0/s1. The fraction of sp³-hybridized carbons (Fsp3) is 0.385. The van der Waals surface area contributed by atoms with Crippen LogP contribution in [0.4, 0.5) is 23.8 Å². The summed E-state index contributed by atoms with van der Waals surface area (Å²) < 4.78 is 60.6. The van der Waals surface area contributed by atoms with Crippen molar-refractivity contribution in [2.45, 2.75) is 32.4 Å². The highest BCUT2D eigenvalue weighted by molar-refractivity contribution is 6.29. The van der Waals surface area contributed by atoms with Gasteiger partial charge < -0.3 is 19.3 Å². The molecule has 1 fully saturated rings. The average Bonchev–Trinajstić information content (AvgIpc) is 3.15. The first-order chi connectivity index (χ1) is 18.4. The third kappa shape index (κ3) is 4.08. The van der Waals surface area contributed by atoms with Gasteiger partial charge in [-0.15, -0.1) is 0 Å². The Labute approximate surface area is 226 Å². The Morgan fingerprint density at radius 1 is 1.13 bits per heavy atom. The zero-order valence-electron chi connectivity index (χ0n) is 21.6. The number of hydrogen-bond donors (Lipinski definition) is 0. The molecule has 1 saturated heterocycles. The maximum absolute atomic E-state index is 16.3. The smallest absolute Gasteiger partial charge is 0.410 e. The number of aryl methyl sites for hydroxylation is 1. The van der Waals surface area contributed by atoms with Gasteiger partial charge >= 0.3 is 6.09 Å². The highest BCUT2D eigenvalue weighted by atomic mass is 35.5. The van der Waals surface area contributed by atoms with Crippen molar-refractivity contribution in [3.63, 3.8) is 0 Å². The molecule has 6 rings (SSSR count). The quantitative estimate of drug-likeness (QED) is 0.300. The number of amides is 1. The molecule has 1 atom stereocenters. The molecule has 0 saturated carbocycles. The van der Waals surface area contributed by atoms with Crippen molar-refractivity contribution in [3.05, 3.63) is 41.1 Å². The van der Waals surface area contributed by atoms with Gasteiger partial charge in [0.15, 0.2) is 17.4 Å². The minimum absolute atomic E-state index is 0.0102. The number of nitrogens with zero attached hydrogens (tertiary/aromatic N) is 6. The summed E-state index contributed by atoms with van der Waals surface area (Å²) in [5.41, 5.74) is -1.72. The molecule has 2 aliphatic rings. The molecule has 4 aromatic rings. The van der Waals surface area contributed by atoms with Crippen LogP contribution in [0.1, 0.15) is 20.8 Å². The maximum Gasteiger partial charge on any atom is 0.410 e. The van der Waals surface area contributed by atoms with E-state index < -0.39 is 40.8 Å². The lowest BCUT2D eigenvalue weighted by molar-refractivity contribution is 0.0201. The molecule has 4 heterocycles. The Hall–Kier alpha value is -3.80. The van der Waals surface area contributed by atoms with Crippen LogP contribution < -0.4 is 9.64 Å². The number of rotatable bonds is 1. The van der Waals surface area contributed by atoms with Crippen molar-refractivity contribution in [3.8, 4) is 16.9 Å². The number of aromatic nitrogens is 4. The second-order valence-corrected chi connectivity index (χ2v) is 10.9. The van der Waals surface area contributed by atoms with Crippen molar-refractivity contribution < 1.29 is 27.4 Å². The Kier molecular flexibility index (Phi) is 5.79. The van der Waals surface area contributed by atoms with Gasteiger partial charge in [-0.1, -0.05) is 0 Å². The van der Waals surface area contributed by atoms with Crippen LogP contribution in [0.3, 0.4) is 0 Å². The van der Waals surface area contributed by atoms with E-state index in [2.05, 4.69) is 15.1 Å². The number of anilines is 1. The van der Waals surface area contributed by atoms with Crippen molar-refractivity contribution in [1.82, 2.24) is 24.6 Å². The summed E-state index contributed by atoms with van der Waals surface area (Å²) in [6.07, 6.45) is 0.987. The number of hydrogen-bond acceptors (Lipinski definition) is 7. The van der Waals surface area contributed by atoms with Gasteiger partial charge in [0.2, 0.25) is 5.28 Å². The second kappa shape index (κ2) is 8.87. The highest BCUT2D eigenvalue weighted by Crippen LogP contribution is 2.46. The largest absolute Gasteiger partial charge is 0.487 e. The van der Waals surface area contributed by atoms with Gasteiger partial charge in [0.1, 0.15) is 29.4 Å². The van der Waals surface area contributed by atoms with Crippen LogP contribution in [0, 0.1) is 17.5 Å². The molecule has 13 heteroatoms. The van der Waals surface area contributed by atoms with Crippen molar-refractivity contribution in [2.24, 2.45) is 7.05 Å². The third-order valence-corrected chi connectivity index (χ3v) is 7.03. The molecule has 0 spiro atoms. The molecule has 0 N–H and O–H groups in total. The summed E-state index contributed by atoms with van der Waals surface area (Å²) in [6.45, 7) is 6.00. The lowest BCUT2D eigenvalue weighted by Crippen LogP contribution is -2.57. The SMILES string of the molecule is Cn1ncc2ccc(F)c(-c3c(F)c4c5c(nc(Cl)nc5c3F)N3CCN(C(=O)OC(C)(C)C)C[C@H]3CO4)c21. The van der Waals surface area contributed by atoms with Gasteiger partial charge in [0, 0.05) is 37.6 Å². The molecule has 2 aromatic heterocycles. The molecule has 2 aromatic carbocycles. The van der Waals surface area contributed by atoms with E-state index in [0.717, 1.165) is 6.07 Å². The Bertz CT molecular complexity index is 1670. The molecule has 1 amide bonds. The van der Waals surface area contributed by atoms with E-state index >= 15 is 13.2 Å². The number of piperazine rings is 1. The molecule has 9 nitrogen and oxygen atoms in total. The van der Waals surface area contributed by atoms with Crippen molar-refractivity contribution in [2.75, 3.05) is 31.1 Å². The van der Waals surface area contributed by atoms with Crippen LogP contribution in [-0.4, -0.2) is 68.6 Å². The molecule has 204 valence electrons. The average molecular weight is 561 g/mol. The fourth-order valence-corrected chi connectivity index (χ4v) is 5.38. The Morgan fingerprint density at radius 3 is 2.64 bits per heavy atom. The number of fused-ring (bicyclic) bond motifs is 3. The van der Waals surface area contributed by atoms with E-state index in [0.29, 0.717) is 5.39 Å². The predicted molar refractivity (Wildman–Crippen MR) is 139 cm³/mol. The fourth-order valence-electron chi connectivity index (χ4n) is 5.22. The first-order valence-corrected chi connectivity index (χ1v) is 12.7. The number of carbonyl (C=O) groups excluding carboxylic acids is 1. The van der Waals surface area contributed by atoms with E-state index in [1.807, 2.05) is 0 Å². The number of halogens is 4. The van der Waals surface area contributed by atoms with Gasteiger partial charge in [0.05, 0.1) is 28.7 Å². The minimum Gasteiger partial charge on any atom is -0.487 e. The molecule has 0 aliphatic carbocycles. The molecule has 0 radical (unpaired) electrons. The van der Waals surface area contributed by atoms with E-state index in [1.165, 1.54) is 21.8 Å². The van der Waals surface area contributed by atoms with Crippen LogP contribution >= 0.6 is 11.6 Å². The summed E-state index contributed by atoms with van der Waals surface area (Å²) in [4.78, 5) is 24.4. The monoisotopic (exact) mass is 560 g/mol. The second-order valence-electron chi connectivity index (χ2n) is 10.6. The Morgan fingerprint density at radius 2 is 1.90 bits per heavy atom. The van der Waals surface area contributed by atoms with Gasteiger partial charge in [-0.25, -0.2) is 22.9 Å². The minimum atomic E-state index is -1.10. The third-order valence-electron chi connectivity index (χ3n) is 6.86. The molecular weight excluding hydrogens is 537 g/mol. The van der Waals surface area contributed by atoms with Gasteiger partial charge in [0.25, 0.3) is 0 Å². The van der Waals surface area contributed by atoms with E-state index in [1.54, 1.807) is 32.7 Å². The van der Waals surface area contributed by atoms with E-state index in [-0.39, 0.29) is 65.1 Å². The number of carbonyl (C=O) groups is 1. The summed E-state index contributed by atoms with van der Waals surface area (Å²) in [7, 11) is 1.55. The van der Waals surface area contributed by atoms with Crippen LogP contribution in [0.2, 0.25) is 5.28 Å². The van der Waals surface area contributed by atoms with Crippen LogP contribution in [0.5, 0.6) is 5.75 Å². The van der Waals surface area contributed by atoms with Gasteiger partial charge in [-0.05, 0) is 44.5 Å². The number of ether oxygens (including phenoxy) is 2. The molecule has 0 unspecified atom stereocenters. The van der Waals surface area contributed by atoms with E-state index in [4.69, 9.17) is 21.1 Å². The highest BCUT2D eigenvalue weighted by Gasteiger charge is 2.39. The van der Waals surface area contributed by atoms with Crippen LogP contribution in [0.25, 0.3) is 32.9 Å². The molecule has 39 heavy (non-hydrogen) atoms. The normalized spacial score (nSPS) is 17.3. The lowest BCUT2D eigenvalue weighted by atomic mass is 9.98. The first kappa shape index (κ1) is 25.5. The zero-order chi connectivity index (χ0) is 27.8. The Balaban J connectivity index is 1.52. The maximum atomic E-state index is 16.3. The zero-order valence-corrected chi connectivity index (χ0v) is 22.3. The topological polar surface area (TPSA) is 85.6 Å². The molecular formula is C26H24ClF3N6O3. The lowest BCUT2D eigenvalue weighted by Gasteiger charge is -2.41. The molecule has 0 bridgehead atoms. The first-order valence-electron chi connectivity index (χ1n) is 12.3. The van der Waals surface area contributed by atoms with Crippen molar-refractivity contribution >= 4 is 45.3 Å². The van der Waals surface area contributed by atoms with Gasteiger partial charge in [-0.2, -0.15) is 10.1 Å². The van der Waals surface area contributed by atoms with Crippen molar-refractivity contribution in [1.29, 1.82) is 0 Å². The molecule has 2 aliphatic heterocycles. The summed E-state index contributed by atoms with van der Waals surface area (Å²) in [6, 6.07) is 2.14.